The molecule has 1 amide bonds. The lowest BCUT2D eigenvalue weighted by Gasteiger charge is -2.47. The van der Waals surface area contributed by atoms with Crippen molar-refractivity contribution in [2.45, 2.75) is 56.3 Å². The second kappa shape index (κ2) is 11.3. The highest BCUT2D eigenvalue weighted by molar-refractivity contribution is 5.98. The molecule has 0 bridgehead atoms. The van der Waals surface area contributed by atoms with Crippen LogP contribution in [0.1, 0.15) is 75.0 Å². The maximum absolute atomic E-state index is 14.0. The van der Waals surface area contributed by atoms with Crippen molar-refractivity contribution in [3.63, 3.8) is 0 Å². The average molecular weight is 499 g/mol. The van der Waals surface area contributed by atoms with Gasteiger partial charge in [0.1, 0.15) is 6.23 Å². The Balaban J connectivity index is 1.55. The molecule has 192 valence electrons. The van der Waals surface area contributed by atoms with E-state index in [1.165, 1.54) is 12.7 Å². The highest BCUT2D eigenvalue weighted by Crippen LogP contribution is 2.47. The second-order valence-corrected chi connectivity index (χ2v) is 9.96. The Morgan fingerprint density at radius 2 is 1.76 bits per heavy atom. The fourth-order valence-electron chi connectivity index (χ4n) is 5.98. The standard InChI is InChI=1S/C31H34N2O4/c1-37-31(36)23-13-9-12-22(20-23)28-27(29(34)32-19-18-21-10-3-2-4-11-21)25-16-7-8-17-26(25)30(35)33(28)24-14-5-6-15-24/h2-4,7-13,16-17,20,24,27-29,32,34H,5-6,14-15,18-19H2,1H3/t27-,28+,29?/m1/s1. The molecule has 1 aliphatic carbocycles. The summed E-state index contributed by atoms with van der Waals surface area (Å²) in [6, 6.07) is 24.8. The molecule has 3 aromatic rings. The van der Waals surface area contributed by atoms with E-state index in [2.05, 4.69) is 17.4 Å². The second-order valence-electron chi connectivity index (χ2n) is 9.96. The first-order chi connectivity index (χ1) is 18.1. The molecule has 0 spiro atoms. The third kappa shape index (κ3) is 5.17. The van der Waals surface area contributed by atoms with E-state index in [0.29, 0.717) is 17.7 Å². The lowest BCUT2D eigenvalue weighted by Crippen LogP contribution is -2.52. The zero-order chi connectivity index (χ0) is 25.8. The van der Waals surface area contributed by atoms with Gasteiger partial charge in [-0.15, -0.1) is 0 Å². The molecule has 2 aliphatic rings. The average Bonchev–Trinajstić information content (AvgIpc) is 3.47. The van der Waals surface area contributed by atoms with Crippen molar-refractivity contribution < 1.29 is 19.4 Å². The van der Waals surface area contributed by atoms with E-state index in [0.717, 1.165) is 43.2 Å². The van der Waals surface area contributed by atoms with Gasteiger partial charge in [-0.05, 0) is 54.2 Å². The minimum atomic E-state index is -0.895. The lowest BCUT2D eigenvalue weighted by molar-refractivity contribution is 0.0211. The number of amides is 1. The number of hydrogen-bond donors (Lipinski definition) is 2. The highest BCUT2D eigenvalue weighted by atomic mass is 16.5. The summed E-state index contributed by atoms with van der Waals surface area (Å²) in [4.78, 5) is 28.3. The maximum atomic E-state index is 14.0. The first-order valence-electron chi connectivity index (χ1n) is 13.1. The van der Waals surface area contributed by atoms with Crippen molar-refractivity contribution in [1.29, 1.82) is 0 Å². The summed E-state index contributed by atoms with van der Waals surface area (Å²) < 4.78 is 4.97. The predicted molar refractivity (Wildman–Crippen MR) is 142 cm³/mol. The van der Waals surface area contributed by atoms with E-state index >= 15 is 0 Å². The SMILES string of the molecule is COC(=O)c1cccc([C@H]2[C@H](C(O)NCCc3ccccc3)c3ccccc3C(=O)N2C2CCCC2)c1. The molecule has 1 fully saturated rings. The largest absolute Gasteiger partial charge is 0.465 e. The van der Waals surface area contributed by atoms with Crippen LogP contribution in [0, 0.1) is 0 Å². The Hall–Kier alpha value is -3.48. The number of nitrogens with zero attached hydrogens (tertiary/aromatic N) is 1. The minimum Gasteiger partial charge on any atom is -0.465 e. The van der Waals surface area contributed by atoms with Crippen LogP contribution in [0.25, 0.3) is 0 Å². The molecule has 1 heterocycles. The number of hydrogen-bond acceptors (Lipinski definition) is 5. The van der Waals surface area contributed by atoms with Gasteiger partial charge >= 0.3 is 5.97 Å². The summed E-state index contributed by atoms with van der Waals surface area (Å²) in [5.74, 6) is -0.836. The zero-order valence-electron chi connectivity index (χ0n) is 21.2. The van der Waals surface area contributed by atoms with Crippen LogP contribution >= 0.6 is 0 Å². The molecule has 1 saturated carbocycles. The van der Waals surface area contributed by atoms with Crippen molar-refractivity contribution in [1.82, 2.24) is 10.2 Å². The van der Waals surface area contributed by atoms with E-state index in [9.17, 15) is 14.7 Å². The number of benzene rings is 3. The number of esters is 1. The van der Waals surface area contributed by atoms with Gasteiger partial charge in [-0.3, -0.25) is 10.1 Å². The van der Waals surface area contributed by atoms with Crippen LogP contribution in [0.3, 0.4) is 0 Å². The van der Waals surface area contributed by atoms with Crippen molar-refractivity contribution in [2.75, 3.05) is 13.7 Å². The van der Waals surface area contributed by atoms with Crippen LogP contribution in [-0.2, 0) is 11.2 Å². The number of carbonyl (C=O) groups is 2. The Morgan fingerprint density at radius 1 is 1.03 bits per heavy atom. The Kier molecular flexibility index (Phi) is 7.68. The first-order valence-corrected chi connectivity index (χ1v) is 13.1. The van der Waals surface area contributed by atoms with Crippen LogP contribution in [0.15, 0.2) is 78.9 Å². The third-order valence-corrected chi connectivity index (χ3v) is 7.74. The topological polar surface area (TPSA) is 78.9 Å². The molecule has 1 unspecified atom stereocenters. The van der Waals surface area contributed by atoms with Crippen molar-refractivity contribution in [2.24, 2.45) is 0 Å². The number of aliphatic hydroxyl groups excluding tert-OH is 1. The monoisotopic (exact) mass is 498 g/mol. The van der Waals surface area contributed by atoms with Gasteiger partial charge in [-0.1, -0.05) is 73.5 Å². The van der Waals surface area contributed by atoms with Crippen LogP contribution in [0.2, 0.25) is 0 Å². The van der Waals surface area contributed by atoms with Crippen molar-refractivity contribution >= 4 is 11.9 Å². The van der Waals surface area contributed by atoms with Gasteiger partial charge in [-0.2, -0.15) is 0 Å². The molecule has 1 aliphatic heterocycles. The molecule has 6 nitrogen and oxygen atoms in total. The molecule has 3 atom stereocenters. The van der Waals surface area contributed by atoms with E-state index in [-0.39, 0.29) is 11.9 Å². The summed E-state index contributed by atoms with van der Waals surface area (Å²) in [5, 5.41) is 15.0. The van der Waals surface area contributed by atoms with Crippen molar-refractivity contribution in [3.05, 3.63) is 107 Å². The number of fused-ring (bicyclic) bond motifs is 1. The molecule has 2 N–H and O–H groups in total. The fraction of sp³-hybridized carbons (Fsp3) is 0.355. The Bertz CT molecular complexity index is 1240. The summed E-state index contributed by atoms with van der Waals surface area (Å²) in [6.45, 7) is 0.593. The highest BCUT2D eigenvalue weighted by Gasteiger charge is 2.46. The molecule has 0 aromatic heterocycles. The molecule has 0 saturated heterocycles. The van der Waals surface area contributed by atoms with E-state index in [1.54, 1.807) is 6.07 Å². The molecule has 37 heavy (non-hydrogen) atoms. The summed E-state index contributed by atoms with van der Waals surface area (Å²) in [5.41, 5.74) is 3.92. The lowest BCUT2D eigenvalue weighted by atomic mass is 9.77. The first kappa shape index (κ1) is 25.2. The normalized spacial score (nSPS) is 20.5. The molecule has 0 radical (unpaired) electrons. The van der Waals surface area contributed by atoms with Gasteiger partial charge in [0, 0.05) is 24.1 Å². The predicted octanol–water partition coefficient (Wildman–Crippen LogP) is 4.85. The number of ether oxygens (including phenoxy) is 1. The van der Waals surface area contributed by atoms with Gasteiger partial charge in [0.05, 0.1) is 18.7 Å². The van der Waals surface area contributed by atoms with E-state index < -0.39 is 24.2 Å². The number of carbonyl (C=O) groups excluding carboxylic acids is 2. The smallest absolute Gasteiger partial charge is 0.337 e. The van der Waals surface area contributed by atoms with Crippen LogP contribution in [-0.4, -0.2) is 47.8 Å². The number of methoxy groups -OCH3 is 1. The Morgan fingerprint density at radius 3 is 2.51 bits per heavy atom. The van der Waals surface area contributed by atoms with Crippen LogP contribution in [0.5, 0.6) is 0 Å². The minimum absolute atomic E-state index is 0.0105. The summed E-state index contributed by atoms with van der Waals surface area (Å²) in [6.07, 6.45) is 3.91. The van der Waals surface area contributed by atoms with Gasteiger partial charge < -0.3 is 14.7 Å². The number of nitrogens with one attached hydrogen (secondary N) is 1. The summed E-state index contributed by atoms with van der Waals surface area (Å²) >= 11 is 0. The van der Waals surface area contributed by atoms with Gasteiger partial charge in [0.15, 0.2) is 0 Å². The maximum Gasteiger partial charge on any atom is 0.337 e. The van der Waals surface area contributed by atoms with Crippen LogP contribution < -0.4 is 5.32 Å². The van der Waals surface area contributed by atoms with E-state index in [1.807, 2.05) is 65.6 Å². The fourth-order valence-corrected chi connectivity index (χ4v) is 5.98. The number of rotatable bonds is 8. The Labute approximate surface area is 218 Å². The van der Waals surface area contributed by atoms with Crippen LogP contribution in [0.4, 0.5) is 0 Å². The molecular formula is C31H34N2O4. The quantitative estimate of drug-likeness (QED) is 0.343. The molecular weight excluding hydrogens is 464 g/mol. The molecule has 3 aromatic carbocycles. The third-order valence-electron chi connectivity index (χ3n) is 7.74. The van der Waals surface area contributed by atoms with Gasteiger partial charge in [-0.25, -0.2) is 4.79 Å². The zero-order valence-corrected chi connectivity index (χ0v) is 21.2. The van der Waals surface area contributed by atoms with Crippen molar-refractivity contribution in [3.8, 4) is 0 Å². The molecule has 6 heteroatoms. The van der Waals surface area contributed by atoms with Gasteiger partial charge in [0.25, 0.3) is 5.91 Å². The van der Waals surface area contributed by atoms with Gasteiger partial charge in [0.2, 0.25) is 0 Å². The summed E-state index contributed by atoms with van der Waals surface area (Å²) in [7, 11) is 1.36. The number of aliphatic hydroxyl groups is 1. The molecule has 5 rings (SSSR count). The van der Waals surface area contributed by atoms with E-state index in [4.69, 9.17) is 4.74 Å².